The molecule has 0 unspecified atom stereocenters. The summed E-state index contributed by atoms with van der Waals surface area (Å²) in [6, 6.07) is 13.5. The maximum Gasteiger partial charge on any atom is 0.255 e. The number of nitrogens with zero attached hydrogens (tertiary/aromatic N) is 3. The Labute approximate surface area is 142 Å². The smallest absolute Gasteiger partial charge is 0.255 e. The van der Waals surface area contributed by atoms with Crippen LogP contribution in [0.3, 0.4) is 0 Å². The van der Waals surface area contributed by atoms with Crippen molar-refractivity contribution in [1.29, 1.82) is 0 Å². The van der Waals surface area contributed by atoms with Gasteiger partial charge in [0.25, 0.3) is 5.91 Å². The Kier molecular flexibility index (Phi) is 5.11. The molecule has 1 saturated heterocycles. The maximum atomic E-state index is 12.7. The first-order valence-corrected chi connectivity index (χ1v) is 8.36. The van der Waals surface area contributed by atoms with E-state index in [-0.39, 0.29) is 11.5 Å². The summed E-state index contributed by atoms with van der Waals surface area (Å²) in [5.41, 5.74) is 1.78. The van der Waals surface area contributed by atoms with Crippen LogP contribution in [0.25, 0.3) is 0 Å². The van der Waals surface area contributed by atoms with Crippen molar-refractivity contribution >= 4 is 5.91 Å². The van der Waals surface area contributed by atoms with E-state index < -0.39 is 0 Å². The second kappa shape index (κ2) is 7.45. The molecule has 0 radical (unpaired) electrons. The Morgan fingerprint density at radius 1 is 1.00 bits per heavy atom. The first-order chi connectivity index (χ1) is 11.6. The van der Waals surface area contributed by atoms with Crippen molar-refractivity contribution in [3.05, 3.63) is 70.1 Å². The largest absolute Gasteiger partial charge is 0.337 e. The molecule has 2 aromatic rings. The lowest BCUT2D eigenvalue weighted by molar-refractivity contribution is 0.0760. The molecule has 0 atom stereocenters. The lowest BCUT2D eigenvalue weighted by Crippen LogP contribution is -2.35. The molecule has 1 fully saturated rings. The minimum atomic E-state index is -0.101. The zero-order valence-corrected chi connectivity index (χ0v) is 14.0. The summed E-state index contributed by atoms with van der Waals surface area (Å²) >= 11 is 0. The van der Waals surface area contributed by atoms with Gasteiger partial charge < -0.3 is 9.47 Å². The van der Waals surface area contributed by atoms with E-state index in [9.17, 15) is 9.59 Å². The quantitative estimate of drug-likeness (QED) is 0.863. The van der Waals surface area contributed by atoms with Crippen LogP contribution in [0.4, 0.5) is 0 Å². The fourth-order valence-corrected chi connectivity index (χ4v) is 3.08. The summed E-state index contributed by atoms with van der Waals surface area (Å²) < 4.78 is 1.45. The van der Waals surface area contributed by atoms with E-state index in [4.69, 9.17) is 0 Å². The molecular weight excluding hydrogens is 302 g/mol. The van der Waals surface area contributed by atoms with Gasteiger partial charge in [-0.1, -0.05) is 30.3 Å². The Morgan fingerprint density at radius 3 is 2.54 bits per heavy atom. The summed E-state index contributed by atoms with van der Waals surface area (Å²) in [6.07, 6.45) is 2.58. The zero-order valence-electron chi connectivity index (χ0n) is 14.0. The number of aryl methyl sites for hydroxylation is 1. The molecule has 0 N–H and O–H groups in total. The van der Waals surface area contributed by atoms with Crippen LogP contribution in [0.2, 0.25) is 0 Å². The van der Waals surface area contributed by atoms with Crippen LogP contribution >= 0.6 is 0 Å². The maximum absolute atomic E-state index is 12.7. The highest BCUT2D eigenvalue weighted by Gasteiger charge is 2.20. The molecule has 1 aliphatic rings. The number of hydrogen-bond acceptors (Lipinski definition) is 3. The first kappa shape index (κ1) is 16.5. The van der Waals surface area contributed by atoms with Crippen molar-refractivity contribution < 1.29 is 4.79 Å². The van der Waals surface area contributed by atoms with E-state index in [1.165, 1.54) is 16.2 Å². The molecule has 1 amide bonds. The fourth-order valence-electron chi connectivity index (χ4n) is 3.08. The predicted octanol–water partition coefficient (Wildman–Crippen LogP) is 1.73. The molecule has 126 valence electrons. The van der Waals surface area contributed by atoms with E-state index in [2.05, 4.69) is 29.2 Å². The van der Waals surface area contributed by atoms with Crippen LogP contribution in [0.5, 0.6) is 0 Å². The fraction of sp³-hybridized carbons (Fsp3) is 0.368. The lowest BCUT2D eigenvalue weighted by Gasteiger charge is -2.22. The number of pyridine rings is 1. The molecule has 0 saturated carbocycles. The third-order valence-electron chi connectivity index (χ3n) is 4.46. The molecular formula is C19H23N3O2. The Balaban J connectivity index is 1.63. The van der Waals surface area contributed by atoms with Crippen LogP contribution in [0.15, 0.2) is 53.5 Å². The highest BCUT2D eigenvalue weighted by molar-refractivity contribution is 5.93. The second-order valence-corrected chi connectivity index (χ2v) is 6.27. The van der Waals surface area contributed by atoms with E-state index in [0.29, 0.717) is 12.1 Å². The summed E-state index contributed by atoms with van der Waals surface area (Å²) in [4.78, 5) is 28.4. The summed E-state index contributed by atoms with van der Waals surface area (Å²) in [5, 5.41) is 0. The number of benzene rings is 1. The van der Waals surface area contributed by atoms with Gasteiger partial charge in [0.15, 0.2) is 0 Å². The number of aromatic nitrogens is 1. The first-order valence-electron chi connectivity index (χ1n) is 8.36. The molecule has 0 aliphatic carbocycles. The molecule has 0 spiro atoms. The number of carbonyl (C=O) groups excluding carboxylic acids is 1. The van der Waals surface area contributed by atoms with Gasteiger partial charge in [-0.2, -0.15) is 0 Å². The highest BCUT2D eigenvalue weighted by atomic mass is 16.2. The summed E-state index contributed by atoms with van der Waals surface area (Å²) in [7, 11) is 1.67. The molecule has 1 aromatic heterocycles. The number of hydrogen-bond donors (Lipinski definition) is 0. The Bertz CT molecular complexity index is 755. The van der Waals surface area contributed by atoms with Crippen LogP contribution in [0.1, 0.15) is 22.3 Å². The monoisotopic (exact) mass is 325 g/mol. The molecule has 5 nitrogen and oxygen atoms in total. The third-order valence-corrected chi connectivity index (χ3v) is 4.46. The van der Waals surface area contributed by atoms with Gasteiger partial charge in [0.1, 0.15) is 0 Å². The topological polar surface area (TPSA) is 45.6 Å². The van der Waals surface area contributed by atoms with Crippen molar-refractivity contribution in [2.24, 2.45) is 7.05 Å². The number of carbonyl (C=O) groups is 1. The van der Waals surface area contributed by atoms with Gasteiger partial charge >= 0.3 is 0 Å². The lowest BCUT2D eigenvalue weighted by atomic mass is 10.2. The van der Waals surface area contributed by atoms with Gasteiger partial charge in [-0.05, 0) is 18.1 Å². The van der Waals surface area contributed by atoms with Crippen LogP contribution in [-0.4, -0.2) is 46.5 Å². The highest BCUT2D eigenvalue weighted by Crippen LogP contribution is 2.11. The van der Waals surface area contributed by atoms with Crippen LogP contribution in [0, 0.1) is 0 Å². The van der Waals surface area contributed by atoms with Gasteiger partial charge in [-0.3, -0.25) is 14.5 Å². The Morgan fingerprint density at radius 2 is 1.79 bits per heavy atom. The third kappa shape index (κ3) is 3.92. The van der Waals surface area contributed by atoms with E-state index in [1.807, 2.05) is 11.0 Å². The number of amides is 1. The minimum Gasteiger partial charge on any atom is -0.337 e. The van der Waals surface area contributed by atoms with Gasteiger partial charge in [0.05, 0.1) is 5.56 Å². The predicted molar refractivity (Wildman–Crippen MR) is 93.9 cm³/mol. The van der Waals surface area contributed by atoms with Gasteiger partial charge in [0, 0.05) is 52.0 Å². The molecule has 3 rings (SSSR count). The number of rotatable bonds is 3. The molecule has 2 heterocycles. The van der Waals surface area contributed by atoms with Crippen LogP contribution < -0.4 is 5.56 Å². The standard InChI is InChI=1S/C19H23N3O2/c1-20-15-17(8-9-18(20)23)19(24)22-11-5-10-21(12-13-22)14-16-6-3-2-4-7-16/h2-4,6-9,15H,5,10-14H2,1H3. The van der Waals surface area contributed by atoms with Crippen molar-refractivity contribution in [1.82, 2.24) is 14.4 Å². The van der Waals surface area contributed by atoms with Crippen molar-refractivity contribution in [3.63, 3.8) is 0 Å². The average molecular weight is 325 g/mol. The molecule has 1 aliphatic heterocycles. The van der Waals surface area contributed by atoms with Crippen molar-refractivity contribution in [2.45, 2.75) is 13.0 Å². The zero-order chi connectivity index (χ0) is 16.9. The van der Waals surface area contributed by atoms with E-state index >= 15 is 0 Å². The molecule has 1 aromatic carbocycles. The minimum absolute atomic E-state index is 0.00663. The van der Waals surface area contributed by atoms with Gasteiger partial charge in [-0.15, -0.1) is 0 Å². The summed E-state index contributed by atoms with van der Waals surface area (Å²) in [6.45, 7) is 4.25. The van der Waals surface area contributed by atoms with Crippen molar-refractivity contribution in [3.8, 4) is 0 Å². The van der Waals surface area contributed by atoms with E-state index in [1.54, 1.807) is 19.3 Å². The van der Waals surface area contributed by atoms with E-state index in [0.717, 1.165) is 32.6 Å². The van der Waals surface area contributed by atoms with Gasteiger partial charge in [0.2, 0.25) is 5.56 Å². The Hall–Kier alpha value is -2.40. The SMILES string of the molecule is Cn1cc(C(=O)N2CCCN(Cc3ccccc3)CC2)ccc1=O. The molecule has 24 heavy (non-hydrogen) atoms. The molecule has 5 heteroatoms. The normalized spacial score (nSPS) is 16.0. The van der Waals surface area contributed by atoms with Crippen molar-refractivity contribution in [2.75, 3.05) is 26.2 Å². The average Bonchev–Trinajstić information content (AvgIpc) is 2.83. The van der Waals surface area contributed by atoms with Crippen LogP contribution in [-0.2, 0) is 13.6 Å². The van der Waals surface area contributed by atoms with Gasteiger partial charge in [-0.25, -0.2) is 0 Å². The second-order valence-electron chi connectivity index (χ2n) is 6.27. The molecule has 0 bridgehead atoms. The summed E-state index contributed by atoms with van der Waals surface area (Å²) in [5.74, 6) is 0.00663.